The van der Waals surface area contributed by atoms with E-state index in [2.05, 4.69) is 19.2 Å². The normalized spacial score (nSPS) is 11.6. The first kappa shape index (κ1) is 14.3. The average Bonchev–Trinajstić information content (AvgIpc) is 2.29. The zero-order valence-electron chi connectivity index (χ0n) is 10.6. The molecule has 0 saturated heterocycles. The van der Waals surface area contributed by atoms with Gasteiger partial charge in [-0.05, 0) is 17.7 Å². The Morgan fingerprint density at radius 3 is 2.65 bits per heavy atom. The second kappa shape index (κ2) is 6.24. The van der Waals surface area contributed by atoms with Gasteiger partial charge in [-0.3, -0.25) is 0 Å². The molecule has 3 nitrogen and oxygen atoms in total. The number of benzene rings is 1. The summed E-state index contributed by atoms with van der Waals surface area (Å²) < 4.78 is 5.13. The Balaban J connectivity index is 2.80. The summed E-state index contributed by atoms with van der Waals surface area (Å²) >= 11 is 6.11. The molecule has 0 heterocycles. The fourth-order valence-corrected chi connectivity index (χ4v) is 1.93. The summed E-state index contributed by atoms with van der Waals surface area (Å²) in [6.07, 6.45) is 0. The first-order valence-electron chi connectivity index (χ1n) is 5.67. The van der Waals surface area contributed by atoms with E-state index in [-0.39, 0.29) is 12.0 Å². The molecule has 2 N–H and O–H groups in total. The quantitative estimate of drug-likeness (QED) is 0.768. The van der Waals surface area contributed by atoms with Gasteiger partial charge in [-0.1, -0.05) is 31.5 Å². The number of hydrogen-bond donors (Lipinski definition) is 2. The van der Waals surface area contributed by atoms with Gasteiger partial charge in [0.2, 0.25) is 0 Å². The van der Waals surface area contributed by atoms with Crippen molar-refractivity contribution in [3.05, 3.63) is 28.8 Å². The molecule has 0 saturated carbocycles. The van der Waals surface area contributed by atoms with Gasteiger partial charge in [-0.2, -0.15) is 0 Å². The third-order valence-corrected chi connectivity index (χ3v) is 3.08. The Labute approximate surface area is 108 Å². The number of nitrogens with one attached hydrogen (secondary N) is 1. The van der Waals surface area contributed by atoms with E-state index in [1.807, 2.05) is 18.2 Å². The van der Waals surface area contributed by atoms with E-state index in [0.29, 0.717) is 17.3 Å². The van der Waals surface area contributed by atoms with Crippen LogP contribution in [0.15, 0.2) is 18.2 Å². The highest BCUT2D eigenvalue weighted by Gasteiger charge is 2.21. The van der Waals surface area contributed by atoms with Crippen LogP contribution in [0.2, 0.25) is 5.02 Å². The van der Waals surface area contributed by atoms with Gasteiger partial charge in [0, 0.05) is 18.5 Å². The number of halogens is 1. The maximum absolute atomic E-state index is 8.75. The Hall–Kier alpha value is -0.770. The zero-order chi connectivity index (χ0) is 12.9. The van der Waals surface area contributed by atoms with Crippen molar-refractivity contribution in [3.8, 4) is 5.75 Å². The first-order valence-corrected chi connectivity index (χ1v) is 6.04. The third kappa shape index (κ3) is 3.87. The molecule has 0 aliphatic heterocycles. The van der Waals surface area contributed by atoms with E-state index in [1.54, 1.807) is 7.11 Å². The monoisotopic (exact) mass is 257 g/mol. The molecule has 0 radical (unpaired) electrons. The minimum atomic E-state index is -0.0366. The molecular formula is C13H20ClNO2. The number of methoxy groups -OCH3 is 1. The van der Waals surface area contributed by atoms with E-state index in [0.717, 1.165) is 12.1 Å². The molecule has 0 aromatic heterocycles. The van der Waals surface area contributed by atoms with Crippen molar-refractivity contribution in [2.45, 2.75) is 19.3 Å². The standard InChI is InChI=1S/C13H20ClNO2/c1-13(2,9-15-6-7-16)10-4-5-12(17-3)11(14)8-10/h4-5,8,15-16H,6-7,9H2,1-3H3. The number of rotatable bonds is 6. The highest BCUT2D eigenvalue weighted by Crippen LogP contribution is 2.30. The van der Waals surface area contributed by atoms with Gasteiger partial charge in [-0.25, -0.2) is 0 Å². The largest absolute Gasteiger partial charge is 0.495 e. The summed E-state index contributed by atoms with van der Waals surface area (Å²) in [7, 11) is 1.61. The predicted molar refractivity (Wildman–Crippen MR) is 71.0 cm³/mol. The van der Waals surface area contributed by atoms with Crippen LogP contribution in [-0.4, -0.2) is 31.9 Å². The SMILES string of the molecule is COc1ccc(C(C)(C)CNCCO)cc1Cl. The molecule has 0 bridgehead atoms. The van der Waals surface area contributed by atoms with Crippen molar-refractivity contribution in [2.75, 3.05) is 26.8 Å². The maximum atomic E-state index is 8.75. The zero-order valence-corrected chi connectivity index (χ0v) is 11.3. The van der Waals surface area contributed by atoms with Crippen LogP contribution in [0.25, 0.3) is 0 Å². The van der Waals surface area contributed by atoms with Crippen molar-refractivity contribution in [1.29, 1.82) is 0 Å². The van der Waals surface area contributed by atoms with Crippen LogP contribution in [0.5, 0.6) is 5.75 Å². The molecule has 0 spiro atoms. The van der Waals surface area contributed by atoms with Crippen LogP contribution in [0, 0.1) is 0 Å². The highest BCUT2D eigenvalue weighted by molar-refractivity contribution is 6.32. The Bertz CT molecular complexity index is 366. The van der Waals surface area contributed by atoms with Crippen molar-refractivity contribution < 1.29 is 9.84 Å². The fourth-order valence-electron chi connectivity index (χ4n) is 1.67. The van der Waals surface area contributed by atoms with Crippen LogP contribution in [0.3, 0.4) is 0 Å². The number of aliphatic hydroxyl groups excluding tert-OH is 1. The molecule has 0 amide bonds. The van der Waals surface area contributed by atoms with E-state index in [4.69, 9.17) is 21.4 Å². The van der Waals surface area contributed by atoms with Crippen LogP contribution >= 0.6 is 11.6 Å². The lowest BCUT2D eigenvalue weighted by Crippen LogP contribution is -2.34. The third-order valence-electron chi connectivity index (χ3n) is 2.79. The molecule has 17 heavy (non-hydrogen) atoms. The lowest BCUT2D eigenvalue weighted by Gasteiger charge is -2.26. The second-order valence-electron chi connectivity index (χ2n) is 4.63. The summed E-state index contributed by atoms with van der Waals surface area (Å²) in [6, 6.07) is 5.83. The average molecular weight is 258 g/mol. The Morgan fingerprint density at radius 1 is 1.41 bits per heavy atom. The molecule has 0 aliphatic rings. The van der Waals surface area contributed by atoms with E-state index >= 15 is 0 Å². The molecule has 1 aromatic carbocycles. The highest BCUT2D eigenvalue weighted by atomic mass is 35.5. The topological polar surface area (TPSA) is 41.5 Å². The van der Waals surface area contributed by atoms with Crippen LogP contribution < -0.4 is 10.1 Å². The Morgan fingerprint density at radius 2 is 2.12 bits per heavy atom. The van der Waals surface area contributed by atoms with Crippen molar-refractivity contribution in [3.63, 3.8) is 0 Å². The summed E-state index contributed by atoms with van der Waals surface area (Å²) in [5, 5.41) is 12.6. The lowest BCUT2D eigenvalue weighted by molar-refractivity contribution is 0.286. The Kier molecular flexibility index (Phi) is 5.25. The van der Waals surface area contributed by atoms with Crippen molar-refractivity contribution >= 4 is 11.6 Å². The van der Waals surface area contributed by atoms with Gasteiger partial charge in [0.15, 0.2) is 0 Å². The van der Waals surface area contributed by atoms with Crippen LogP contribution in [-0.2, 0) is 5.41 Å². The van der Waals surface area contributed by atoms with Crippen molar-refractivity contribution in [2.24, 2.45) is 0 Å². The minimum absolute atomic E-state index is 0.0366. The molecule has 96 valence electrons. The van der Waals surface area contributed by atoms with Gasteiger partial charge in [0.1, 0.15) is 5.75 Å². The lowest BCUT2D eigenvalue weighted by atomic mass is 9.84. The van der Waals surface area contributed by atoms with Gasteiger partial charge < -0.3 is 15.2 Å². The molecule has 0 fully saturated rings. The number of ether oxygens (including phenoxy) is 1. The van der Waals surface area contributed by atoms with E-state index in [9.17, 15) is 0 Å². The second-order valence-corrected chi connectivity index (χ2v) is 5.04. The summed E-state index contributed by atoms with van der Waals surface area (Å²) in [6.45, 7) is 5.81. The molecule has 4 heteroatoms. The smallest absolute Gasteiger partial charge is 0.137 e. The van der Waals surface area contributed by atoms with Crippen molar-refractivity contribution in [1.82, 2.24) is 5.32 Å². The predicted octanol–water partition coefficient (Wildman–Crippen LogP) is 2.21. The van der Waals surface area contributed by atoms with Gasteiger partial charge in [0.05, 0.1) is 18.7 Å². The summed E-state index contributed by atoms with van der Waals surface area (Å²) in [5.41, 5.74) is 1.11. The van der Waals surface area contributed by atoms with Crippen LogP contribution in [0.1, 0.15) is 19.4 Å². The first-order chi connectivity index (χ1) is 8.01. The summed E-state index contributed by atoms with van der Waals surface area (Å²) in [4.78, 5) is 0. The summed E-state index contributed by atoms with van der Waals surface area (Å²) in [5.74, 6) is 0.689. The molecule has 1 rings (SSSR count). The van der Waals surface area contributed by atoms with Gasteiger partial charge >= 0.3 is 0 Å². The van der Waals surface area contributed by atoms with Gasteiger partial charge in [-0.15, -0.1) is 0 Å². The maximum Gasteiger partial charge on any atom is 0.137 e. The minimum Gasteiger partial charge on any atom is -0.495 e. The van der Waals surface area contributed by atoms with Gasteiger partial charge in [0.25, 0.3) is 0 Å². The number of aliphatic hydroxyl groups is 1. The number of hydrogen-bond acceptors (Lipinski definition) is 3. The molecule has 0 unspecified atom stereocenters. The van der Waals surface area contributed by atoms with E-state index in [1.165, 1.54) is 0 Å². The molecule has 0 atom stereocenters. The molecule has 1 aromatic rings. The molecule has 0 aliphatic carbocycles. The molecular weight excluding hydrogens is 238 g/mol. The fraction of sp³-hybridized carbons (Fsp3) is 0.538. The van der Waals surface area contributed by atoms with E-state index < -0.39 is 0 Å². The van der Waals surface area contributed by atoms with Crippen LogP contribution in [0.4, 0.5) is 0 Å².